The highest BCUT2D eigenvalue weighted by atomic mass is 16.5. The molecule has 0 aromatic heterocycles. The largest absolute Gasteiger partial charge is 0.497 e. The van der Waals surface area contributed by atoms with Crippen LogP contribution >= 0.6 is 0 Å². The molecular formula is C15H22N2O4. The molecule has 0 bridgehead atoms. The zero-order valence-electron chi connectivity index (χ0n) is 12.7. The minimum Gasteiger partial charge on any atom is -0.497 e. The predicted molar refractivity (Wildman–Crippen MR) is 80.0 cm³/mol. The van der Waals surface area contributed by atoms with Gasteiger partial charge in [0.15, 0.2) is 0 Å². The summed E-state index contributed by atoms with van der Waals surface area (Å²) in [5, 5.41) is 6.16. The van der Waals surface area contributed by atoms with Crippen LogP contribution in [0, 0.1) is 5.41 Å². The molecule has 6 nitrogen and oxygen atoms in total. The maximum atomic E-state index is 12.6. The molecule has 1 heterocycles. The van der Waals surface area contributed by atoms with Gasteiger partial charge in [-0.1, -0.05) is 0 Å². The molecule has 0 radical (unpaired) electrons. The molecule has 1 aromatic rings. The molecule has 2 rings (SSSR count). The van der Waals surface area contributed by atoms with Gasteiger partial charge >= 0.3 is 0 Å². The van der Waals surface area contributed by atoms with E-state index in [0.717, 1.165) is 13.0 Å². The summed E-state index contributed by atoms with van der Waals surface area (Å²) in [5.41, 5.74) is 0.129. The lowest BCUT2D eigenvalue weighted by molar-refractivity contribution is -0.127. The van der Waals surface area contributed by atoms with Crippen molar-refractivity contribution >= 4 is 11.6 Å². The van der Waals surface area contributed by atoms with E-state index in [1.165, 1.54) is 0 Å². The van der Waals surface area contributed by atoms with Crippen LogP contribution in [0.3, 0.4) is 0 Å². The second-order valence-corrected chi connectivity index (χ2v) is 5.20. The number of anilines is 1. The lowest BCUT2D eigenvalue weighted by Gasteiger charge is -2.26. The number of hydrogen-bond donors (Lipinski definition) is 2. The monoisotopic (exact) mass is 294 g/mol. The van der Waals surface area contributed by atoms with Crippen LogP contribution < -0.4 is 20.1 Å². The van der Waals surface area contributed by atoms with E-state index in [2.05, 4.69) is 10.6 Å². The van der Waals surface area contributed by atoms with E-state index < -0.39 is 5.41 Å². The van der Waals surface area contributed by atoms with Gasteiger partial charge in [0, 0.05) is 37.5 Å². The van der Waals surface area contributed by atoms with E-state index in [-0.39, 0.29) is 5.91 Å². The molecule has 1 atom stereocenters. The minimum atomic E-state index is -0.523. The number of carbonyl (C=O) groups excluding carboxylic acids is 1. The number of benzene rings is 1. The zero-order valence-corrected chi connectivity index (χ0v) is 12.7. The lowest BCUT2D eigenvalue weighted by atomic mass is 9.87. The summed E-state index contributed by atoms with van der Waals surface area (Å²) in [4.78, 5) is 12.6. The lowest BCUT2D eigenvalue weighted by Crippen LogP contribution is -2.41. The molecule has 0 aliphatic carbocycles. The average Bonchev–Trinajstić information content (AvgIpc) is 2.97. The maximum absolute atomic E-state index is 12.6. The molecule has 0 spiro atoms. The second kappa shape index (κ2) is 6.78. The fraction of sp³-hybridized carbons (Fsp3) is 0.533. The summed E-state index contributed by atoms with van der Waals surface area (Å²) < 4.78 is 15.6. The van der Waals surface area contributed by atoms with Crippen LogP contribution in [0.1, 0.15) is 6.42 Å². The Balaban J connectivity index is 2.18. The summed E-state index contributed by atoms with van der Waals surface area (Å²) in [7, 11) is 4.77. The van der Waals surface area contributed by atoms with Crippen molar-refractivity contribution in [2.75, 3.05) is 46.3 Å². The first-order valence-electron chi connectivity index (χ1n) is 6.88. The SMILES string of the molecule is COCC1(C(=O)Nc2cc(OC)cc(OC)c2)CCNC1. The van der Waals surface area contributed by atoms with Gasteiger partial charge in [-0.3, -0.25) is 4.79 Å². The van der Waals surface area contributed by atoms with Crippen LogP contribution in [0.5, 0.6) is 11.5 Å². The van der Waals surface area contributed by atoms with E-state index in [1.807, 2.05) is 0 Å². The highest BCUT2D eigenvalue weighted by molar-refractivity contribution is 5.96. The molecule has 1 unspecified atom stereocenters. The van der Waals surface area contributed by atoms with Crippen LogP contribution in [0.2, 0.25) is 0 Å². The van der Waals surface area contributed by atoms with Crippen molar-refractivity contribution < 1.29 is 19.0 Å². The number of amides is 1. The molecular weight excluding hydrogens is 272 g/mol. The van der Waals surface area contributed by atoms with E-state index in [1.54, 1.807) is 39.5 Å². The first-order chi connectivity index (χ1) is 10.1. The Morgan fingerprint density at radius 2 is 1.90 bits per heavy atom. The van der Waals surface area contributed by atoms with E-state index in [9.17, 15) is 4.79 Å². The van der Waals surface area contributed by atoms with E-state index in [0.29, 0.717) is 30.3 Å². The third-order valence-corrected chi connectivity index (χ3v) is 3.76. The highest BCUT2D eigenvalue weighted by Crippen LogP contribution is 2.30. The number of carbonyl (C=O) groups is 1. The summed E-state index contributed by atoms with van der Waals surface area (Å²) in [6.45, 7) is 1.83. The number of ether oxygens (including phenoxy) is 3. The first-order valence-corrected chi connectivity index (χ1v) is 6.88. The van der Waals surface area contributed by atoms with Crippen molar-refractivity contribution in [3.63, 3.8) is 0 Å². The van der Waals surface area contributed by atoms with Gasteiger partial charge in [0.25, 0.3) is 0 Å². The first kappa shape index (κ1) is 15.6. The van der Waals surface area contributed by atoms with Gasteiger partial charge in [-0.25, -0.2) is 0 Å². The van der Waals surface area contributed by atoms with Crippen LogP contribution in [-0.2, 0) is 9.53 Å². The van der Waals surface area contributed by atoms with Crippen LogP contribution in [0.15, 0.2) is 18.2 Å². The smallest absolute Gasteiger partial charge is 0.234 e. The van der Waals surface area contributed by atoms with Crippen LogP contribution in [0.4, 0.5) is 5.69 Å². The Morgan fingerprint density at radius 3 is 2.38 bits per heavy atom. The fourth-order valence-corrected chi connectivity index (χ4v) is 2.55. The van der Waals surface area contributed by atoms with Crippen molar-refractivity contribution in [2.24, 2.45) is 5.41 Å². The molecule has 1 aliphatic heterocycles. The molecule has 2 N–H and O–H groups in total. The molecule has 21 heavy (non-hydrogen) atoms. The van der Waals surface area contributed by atoms with Crippen LogP contribution in [-0.4, -0.2) is 46.9 Å². The Labute approximate surface area is 124 Å². The maximum Gasteiger partial charge on any atom is 0.234 e. The van der Waals surface area contributed by atoms with E-state index >= 15 is 0 Å². The van der Waals surface area contributed by atoms with Gasteiger partial charge in [-0.05, 0) is 13.0 Å². The number of nitrogens with one attached hydrogen (secondary N) is 2. The predicted octanol–water partition coefficient (Wildman–Crippen LogP) is 1.27. The number of rotatable bonds is 6. The van der Waals surface area contributed by atoms with Crippen molar-refractivity contribution in [3.05, 3.63) is 18.2 Å². The zero-order chi connectivity index (χ0) is 15.3. The summed E-state index contributed by atoms with van der Waals surface area (Å²) in [6, 6.07) is 5.30. The molecule has 1 saturated heterocycles. The van der Waals surface area contributed by atoms with Gasteiger partial charge < -0.3 is 24.8 Å². The summed E-state index contributed by atoms with van der Waals surface area (Å²) in [5.74, 6) is 1.22. The van der Waals surface area contributed by atoms with Crippen molar-refractivity contribution in [3.8, 4) is 11.5 Å². The highest BCUT2D eigenvalue weighted by Gasteiger charge is 2.41. The Hall–Kier alpha value is -1.79. The molecule has 6 heteroatoms. The van der Waals surface area contributed by atoms with Gasteiger partial charge in [-0.15, -0.1) is 0 Å². The third kappa shape index (κ3) is 3.46. The molecule has 1 amide bonds. The van der Waals surface area contributed by atoms with Gasteiger partial charge in [-0.2, -0.15) is 0 Å². The average molecular weight is 294 g/mol. The minimum absolute atomic E-state index is 0.0512. The molecule has 1 aromatic carbocycles. The van der Waals surface area contributed by atoms with Gasteiger partial charge in [0.05, 0.1) is 26.2 Å². The Bertz CT molecular complexity index is 476. The standard InChI is InChI=1S/C15H22N2O4/c1-19-10-15(4-5-16-9-15)14(18)17-11-6-12(20-2)8-13(7-11)21-3/h6-8,16H,4-5,9-10H2,1-3H3,(H,17,18). The molecule has 116 valence electrons. The van der Waals surface area contributed by atoms with Crippen molar-refractivity contribution in [2.45, 2.75) is 6.42 Å². The topological polar surface area (TPSA) is 68.8 Å². The molecule has 0 saturated carbocycles. The molecule has 1 aliphatic rings. The van der Waals surface area contributed by atoms with Crippen LogP contribution in [0.25, 0.3) is 0 Å². The third-order valence-electron chi connectivity index (χ3n) is 3.76. The van der Waals surface area contributed by atoms with Crippen molar-refractivity contribution in [1.29, 1.82) is 0 Å². The summed E-state index contributed by atoms with van der Waals surface area (Å²) in [6.07, 6.45) is 0.758. The van der Waals surface area contributed by atoms with E-state index in [4.69, 9.17) is 14.2 Å². The Morgan fingerprint density at radius 1 is 1.24 bits per heavy atom. The fourth-order valence-electron chi connectivity index (χ4n) is 2.55. The van der Waals surface area contributed by atoms with Gasteiger partial charge in [0.1, 0.15) is 11.5 Å². The normalized spacial score (nSPS) is 21.1. The molecule has 1 fully saturated rings. The van der Waals surface area contributed by atoms with Crippen molar-refractivity contribution in [1.82, 2.24) is 5.32 Å². The van der Waals surface area contributed by atoms with Gasteiger partial charge in [0.2, 0.25) is 5.91 Å². The number of methoxy groups -OCH3 is 3. The Kier molecular flexibility index (Phi) is 5.03. The number of hydrogen-bond acceptors (Lipinski definition) is 5. The second-order valence-electron chi connectivity index (χ2n) is 5.20. The summed E-state index contributed by atoms with van der Waals surface area (Å²) >= 11 is 0. The quantitative estimate of drug-likeness (QED) is 0.827.